The number of aryl methyl sites for hydroxylation is 1. The molecule has 7 heteroatoms. The van der Waals surface area contributed by atoms with Crippen LogP contribution in [0.5, 0.6) is 0 Å². The van der Waals surface area contributed by atoms with Crippen molar-refractivity contribution in [2.24, 2.45) is 7.05 Å². The lowest BCUT2D eigenvalue weighted by atomic mass is 9.74. The summed E-state index contributed by atoms with van der Waals surface area (Å²) < 4.78 is 1.93. The number of piperazine rings is 1. The third-order valence-corrected chi connectivity index (χ3v) is 6.38. The number of aromatic nitrogens is 4. The Labute approximate surface area is 177 Å². The molecule has 0 bridgehead atoms. The van der Waals surface area contributed by atoms with Gasteiger partial charge in [0.15, 0.2) is 0 Å². The smallest absolute Gasteiger partial charge is 0.227 e. The minimum atomic E-state index is 0.0357. The van der Waals surface area contributed by atoms with Crippen molar-refractivity contribution in [1.82, 2.24) is 24.6 Å². The minimum Gasteiger partial charge on any atom is -0.369 e. The summed E-state index contributed by atoms with van der Waals surface area (Å²) >= 11 is 0. The Kier molecular flexibility index (Phi) is 4.50. The summed E-state index contributed by atoms with van der Waals surface area (Å²) in [5.74, 6) is 0.618. The summed E-state index contributed by atoms with van der Waals surface area (Å²) in [5, 5.41) is 7.87. The monoisotopic (exact) mass is 403 g/mol. The molecule has 0 radical (unpaired) electrons. The van der Waals surface area contributed by atoms with E-state index in [1.165, 1.54) is 16.8 Å². The molecule has 0 amide bonds. The van der Waals surface area contributed by atoms with E-state index in [1.807, 2.05) is 24.1 Å². The highest BCUT2D eigenvalue weighted by Crippen LogP contribution is 2.41. The topological polar surface area (TPSA) is 62.1 Å². The SMILES string of the molecule is CN1CCN(c2ccc(Nc3ncc4c(n3)-c3c(cnn3C)C(C)(C)C4)cc2)CC1. The summed E-state index contributed by atoms with van der Waals surface area (Å²) in [6, 6.07) is 8.56. The molecular formula is C23H29N7. The van der Waals surface area contributed by atoms with Crippen molar-refractivity contribution in [2.45, 2.75) is 25.7 Å². The predicted molar refractivity (Wildman–Crippen MR) is 120 cm³/mol. The van der Waals surface area contributed by atoms with E-state index in [0.29, 0.717) is 5.95 Å². The van der Waals surface area contributed by atoms with Gasteiger partial charge in [-0.2, -0.15) is 5.10 Å². The summed E-state index contributed by atoms with van der Waals surface area (Å²) in [5.41, 5.74) is 6.79. The summed E-state index contributed by atoms with van der Waals surface area (Å²) in [7, 11) is 4.16. The van der Waals surface area contributed by atoms with Gasteiger partial charge in [-0.1, -0.05) is 13.8 Å². The number of likely N-dealkylation sites (N-methyl/N-ethyl adjacent to an activating group) is 1. The van der Waals surface area contributed by atoms with E-state index in [9.17, 15) is 0 Å². The van der Waals surface area contributed by atoms with Crippen LogP contribution in [0.3, 0.4) is 0 Å². The van der Waals surface area contributed by atoms with Crippen LogP contribution in [0.4, 0.5) is 17.3 Å². The van der Waals surface area contributed by atoms with Crippen molar-refractivity contribution in [3.63, 3.8) is 0 Å². The van der Waals surface area contributed by atoms with Crippen LogP contribution in [0.25, 0.3) is 11.4 Å². The van der Waals surface area contributed by atoms with Crippen molar-refractivity contribution in [3.05, 3.63) is 47.8 Å². The Balaban J connectivity index is 1.38. The molecule has 0 atom stereocenters. The van der Waals surface area contributed by atoms with Crippen molar-refractivity contribution in [3.8, 4) is 11.4 Å². The standard InChI is InChI=1S/C23H29N7/c1-23(2)13-16-14-24-22(27-20(16)21-19(23)15-25-29(21)4)26-17-5-7-18(8-6-17)30-11-9-28(3)10-12-30/h5-8,14-15H,9-13H2,1-4H3,(H,24,26,27). The number of nitrogens with zero attached hydrogens (tertiary/aromatic N) is 6. The molecule has 30 heavy (non-hydrogen) atoms. The molecule has 156 valence electrons. The molecule has 0 spiro atoms. The second-order valence-corrected chi connectivity index (χ2v) is 9.12. The average molecular weight is 404 g/mol. The van der Waals surface area contributed by atoms with Gasteiger partial charge in [0, 0.05) is 56.4 Å². The van der Waals surface area contributed by atoms with E-state index in [1.54, 1.807) is 0 Å². The van der Waals surface area contributed by atoms with E-state index in [2.05, 4.69) is 70.4 Å². The number of hydrogen-bond donors (Lipinski definition) is 1. The van der Waals surface area contributed by atoms with E-state index in [-0.39, 0.29) is 5.41 Å². The van der Waals surface area contributed by atoms with Crippen LogP contribution in [-0.4, -0.2) is 57.9 Å². The third-order valence-electron chi connectivity index (χ3n) is 6.38. The van der Waals surface area contributed by atoms with Crippen LogP contribution in [-0.2, 0) is 18.9 Å². The number of hydrogen-bond acceptors (Lipinski definition) is 6. The van der Waals surface area contributed by atoms with Crippen molar-refractivity contribution < 1.29 is 0 Å². The second kappa shape index (κ2) is 7.09. The highest BCUT2D eigenvalue weighted by Gasteiger charge is 2.35. The molecule has 1 N–H and O–H groups in total. The third kappa shape index (κ3) is 3.33. The van der Waals surface area contributed by atoms with Crippen LogP contribution < -0.4 is 10.2 Å². The van der Waals surface area contributed by atoms with E-state index in [4.69, 9.17) is 4.98 Å². The molecular weight excluding hydrogens is 374 g/mol. The molecule has 2 aromatic heterocycles. The molecule has 7 nitrogen and oxygen atoms in total. The highest BCUT2D eigenvalue weighted by atomic mass is 15.3. The maximum absolute atomic E-state index is 4.87. The molecule has 3 heterocycles. The first kappa shape index (κ1) is 19.1. The van der Waals surface area contributed by atoms with Gasteiger partial charge in [0.25, 0.3) is 0 Å². The molecule has 1 saturated heterocycles. The summed E-state index contributed by atoms with van der Waals surface area (Å²) in [6.45, 7) is 8.86. The number of fused-ring (bicyclic) bond motifs is 3. The average Bonchev–Trinajstić information content (AvgIpc) is 3.13. The second-order valence-electron chi connectivity index (χ2n) is 9.12. The quantitative estimate of drug-likeness (QED) is 0.725. The Bertz CT molecular complexity index is 1060. The van der Waals surface area contributed by atoms with Gasteiger partial charge in [-0.3, -0.25) is 4.68 Å². The Morgan fingerprint density at radius 2 is 1.70 bits per heavy atom. The van der Waals surface area contributed by atoms with Gasteiger partial charge in [0.2, 0.25) is 5.95 Å². The molecule has 5 rings (SSSR count). The van der Waals surface area contributed by atoms with Gasteiger partial charge >= 0.3 is 0 Å². The molecule has 0 unspecified atom stereocenters. The van der Waals surface area contributed by atoms with Crippen LogP contribution in [0, 0.1) is 0 Å². The van der Waals surface area contributed by atoms with Crippen LogP contribution in [0.1, 0.15) is 25.0 Å². The number of rotatable bonds is 3. The van der Waals surface area contributed by atoms with Gasteiger partial charge in [-0.05, 0) is 48.7 Å². The number of nitrogens with one attached hydrogen (secondary N) is 1. The predicted octanol–water partition coefficient (Wildman–Crippen LogP) is 3.21. The van der Waals surface area contributed by atoms with Crippen LogP contribution in [0.2, 0.25) is 0 Å². The first-order valence-corrected chi connectivity index (χ1v) is 10.6. The van der Waals surface area contributed by atoms with E-state index >= 15 is 0 Å². The van der Waals surface area contributed by atoms with Crippen molar-refractivity contribution >= 4 is 17.3 Å². The molecule has 3 aromatic rings. The maximum atomic E-state index is 4.87. The number of anilines is 3. The van der Waals surface area contributed by atoms with Gasteiger partial charge in [-0.25, -0.2) is 9.97 Å². The fraction of sp³-hybridized carbons (Fsp3) is 0.435. The number of benzene rings is 1. The first-order chi connectivity index (χ1) is 14.4. The van der Waals surface area contributed by atoms with Gasteiger partial charge < -0.3 is 15.1 Å². The zero-order valence-corrected chi connectivity index (χ0v) is 18.2. The fourth-order valence-electron chi connectivity index (χ4n) is 4.54. The molecule has 1 aromatic carbocycles. The lowest BCUT2D eigenvalue weighted by Gasteiger charge is -2.34. The van der Waals surface area contributed by atoms with Crippen molar-refractivity contribution in [2.75, 3.05) is 43.4 Å². The fourth-order valence-corrected chi connectivity index (χ4v) is 4.54. The van der Waals surface area contributed by atoms with Crippen molar-refractivity contribution in [1.29, 1.82) is 0 Å². The molecule has 1 aliphatic carbocycles. The normalized spacial score (nSPS) is 18.1. The summed E-state index contributed by atoms with van der Waals surface area (Å²) in [6.07, 6.45) is 4.85. The lowest BCUT2D eigenvalue weighted by Crippen LogP contribution is -2.44. The van der Waals surface area contributed by atoms with E-state index in [0.717, 1.165) is 49.7 Å². The molecule has 0 saturated carbocycles. The molecule has 2 aliphatic rings. The zero-order chi connectivity index (χ0) is 20.9. The maximum Gasteiger partial charge on any atom is 0.227 e. The minimum absolute atomic E-state index is 0.0357. The molecule has 1 fully saturated rings. The van der Waals surface area contributed by atoms with Gasteiger partial charge in [-0.15, -0.1) is 0 Å². The summed E-state index contributed by atoms with van der Waals surface area (Å²) in [4.78, 5) is 14.3. The lowest BCUT2D eigenvalue weighted by molar-refractivity contribution is 0.313. The van der Waals surface area contributed by atoms with Gasteiger partial charge in [0.1, 0.15) is 0 Å². The highest BCUT2D eigenvalue weighted by molar-refractivity contribution is 5.70. The van der Waals surface area contributed by atoms with Crippen LogP contribution >= 0.6 is 0 Å². The van der Waals surface area contributed by atoms with Gasteiger partial charge in [0.05, 0.1) is 17.6 Å². The Morgan fingerprint density at radius 3 is 2.43 bits per heavy atom. The first-order valence-electron chi connectivity index (χ1n) is 10.6. The Hall–Kier alpha value is -2.93. The zero-order valence-electron chi connectivity index (χ0n) is 18.2. The van der Waals surface area contributed by atoms with Crippen LogP contribution in [0.15, 0.2) is 36.7 Å². The van der Waals surface area contributed by atoms with E-state index < -0.39 is 0 Å². The largest absolute Gasteiger partial charge is 0.369 e. The molecule has 1 aliphatic heterocycles. The Morgan fingerprint density at radius 1 is 0.967 bits per heavy atom.